The average molecular weight is 311 g/mol. The highest BCUT2D eigenvalue weighted by Crippen LogP contribution is 2.55. The molecule has 0 bridgehead atoms. The fourth-order valence-electron chi connectivity index (χ4n) is 3.15. The minimum atomic E-state index is -0.175. The molecule has 2 fully saturated rings. The van der Waals surface area contributed by atoms with Gasteiger partial charge in [0, 0.05) is 18.3 Å². The highest BCUT2D eigenvalue weighted by Gasteiger charge is 2.54. The number of anilines is 1. The molecule has 2 unspecified atom stereocenters. The van der Waals surface area contributed by atoms with Gasteiger partial charge in [0.25, 0.3) is 0 Å². The molecular weight excluding hydrogens is 296 g/mol. The molecule has 1 heterocycles. The van der Waals surface area contributed by atoms with Crippen LogP contribution in [-0.2, 0) is 4.79 Å². The van der Waals surface area contributed by atoms with E-state index in [2.05, 4.69) is 26.2 Å². The SMILES string of the molecule is O=C(Nc1c[nH]cc(Br)c1=O)C1C2CCCCC21. The number of carbonyl (C=O) groups is 1. The number of pyridine rings is 1. The van der Waals surface area contributed by atoms with Crippen molar-refractivity contribution in [3.05, 3.63) is 27.1 Å². The van der Waals surface area contributed by atoms with Gasteiger partial charge in [0.15, 0.2) is 0 Å². The van der Waals surface area contributed by atoms with Gasteiger partial charge in [-0.25, -0.2) is 0 Å². The van der Waals surface area contributed by atoms with Gasteiger partial charge in [-0.15, -0.1) is 0 Å². The summed E-state index contributed by atoms with van der Waals surface area (Å²) in [4.78, 5) is 26.7. The number of amides is 1. The first-order chi connectivity index (χ1) is 8.68. The van der Waals surface area contributed by atoms with E-state index >= 15 is 0 Å². The van der Waals surface area contributed by atoms with Gasteiger partial charge in [-0.05, 0) is 40.6 Å². The van der Waals surface area contributed by atoms with E-state index < -0.39 is 0 Å². The molecule has 2 aliphatic rings. The van der Waals surface area contributed by atoms with Crippen molar-refractivity contribution in [2.45, 2.75) is 25.7 Å². The fraction of sp³-hybridized carbons (Fsp3) is 0.538. The number of fused-ring (bicyclic) bond motifs is 1. The molecule has 3 rings (SSSR count). The smallest absolute Gasteiger partial charge is 0.228 e. The molecule has 0 radical (unpaired) electrons. The lowest BCUT2D eigenvalue weighted by Gasteiger charge is -2.04. The molecule has 1 aromatic heterocycles. The minimum Gasteiger partial charge on any atom is -0.365 e. The van der Waals surface area contributed by atoms with E-state index in [4.69, 9.17) is 0 Å². The highest BCUT2D eigenvalue weighted by molar-refractivity contribution is 9.10. The van der Waals surface area contributed by atoms with Crippen molar-refractivity contribution in [1.29, 1.82) is 0 Å². The number of nitrogens with one attached hydrogen (secondary N) is 2. The first kappa shape index (κ1) is 12.0. The minimum absolute atomic E-state index is 0.00972. The largest absolute Gasteiger partial charge is 0.365 e. The number of H-pyrrole nitrogens is 1. The molecule has 0 aromatic carbocycles. The fourth-order valence-corrected chi connectivity index (χ4v) is 3.49. The summed E-state index contributed by atoms with van der Waals surface area (Å²) in [6.07, 6.45) is 7.91. The molecule has 2 N–H and O–H groups in total. The van der Waals surface area contributed by atoms with Gasteiger partial charge in [-0.3, -0.25) is 9.59 Å². The van der Waals surface area contributed by atoms with E-state index in [9.17, 15) is 9.59 Å². The Balaban J connectivity index is 1.72. The van der Waals surface area contributed by atoms with Gasteiger partial charge >= 0.3 is 0 Å². The van der Waals surface area contributed by atoms with Crippen LogP contribution in [0.1, 0.15) is 25.7 Å². The Morgan fingerprint density at radius 2 is 1.94 bits per heavy atom. The second kappa shape index (κ2) is 4.53. The first-order valence-electron chi connectivity index (χ1n) is 6.36. The Morgan fingerprint density at radius 3 is 2.61 bits per heavy atom. The number of hydrogen-bond acceptors (Lipinski definition) is 2. The number of rotatable bonds is 2. The van der Waals surface area contributed by atoms with Gasteiger partial charge < -0.3 is 10.3 Å². The summed E-state index contributed by atoms with van der Waals surface area (Å²) < 4.78 is 0.438. The van der Waals surface area contributed by atoms with Gasteiger partial charge in [-0.1, -0.05) is 12.8 Å². The van der Waals surface area contributed by atoms with Gasteiger partial charge in [-0.2, -0.15) is 0 Å². The lowest BCUT2D eigenvalue weighted by atomic mass is 10.0. The molecule has 0 aliphatic heterocycles. The molecule has 96 valence electrons. The lowest BCUT2D eigenvalue weighted by Crippen LogP contribution is -2.21. The van der Waals surface area contributed by atoms with E-state index in [-0.39, 0.29) is 17.3 Å². The molecule has 2 aliphatic carbocycles. The normalized spacial score (nSPS) is 29.5. The van der Waals surface area contributed by atoms with Crippen LogP contribution < -0.4 is 10.7 Å². The van der Waals surface area contributed by atoms with Crippen LogP contribution in [0.2, 0.25) is 0 Å². The van der Waals surface area contributed by atoms with E-state index in [0.29, 0.717) is 22.0 Å². The molecule has 18 heavy (non-hydrogen) atoms. The number of aromatic amines is 1. The Morgan fingerprint density at radius 1 is 1.28 bits per heavy atom. The molecular formula is C13H15BrN2O2. The Labute approximate surface area is 113 Å². The van der Waals surface area contributed by atoms with Crippen LogP contribution in [0.4, 0.5) is 5.69 Å². The maximum Gasteiger partial charge on any atom is 0.228 e. The van der Waals surface area contributed by atoms with Crippen molar-refractivity contribution in [3.8, 4) is 0 Å². The zero-order valence-electron chi connectivity index (χ0n) is 9.91. The molecule has 1 aromatic rings. The summed E-state index contributed by atoms with van der Waals surface area (Å²) >= 11 is 3.15. The summed E-state index contributed by atoms with van der Waals surface area (Å²) in [5.41, 5.74) is 0.156. The van der Waals surface area contributed by atoms with Gasteiger partial charge in [0.1, 0.15) is 5.69 Å². The van der Waals surface area contributed by atoms with Crippen LogP contribution in [0.15, 0.2) is 21.7 Å². The van der Waals surface area contributed by atoms with Crippen molar-refractivity contribution in [3.63, 3.8) is 0 Å². The van der Waals surface area contributed by atoms with Crippen molar-refractivity contribution >= 4 is 27.5 Å². The van der Waals surface area contributed by atoms with Crippen molar-refractivity contribution < 1.29 is 4.79 Å². The Kier molecular flexibility index (Phi) is 3.01. The maximum atomic E-state index is 12.1. The van der Waals surface area contributed by atoms with E-state index in [0.717, 1.165) is 12.8 Å². The molecule has 0 saturated heterocycles. The molecule has 0 spiro atoms. The van der Waals surface area contributed by atoms with Crippen LogP contribution >= 0.6 is 15.9 Å². The Hall–Kier alpha value is -1.10. The second-order valence-electron chi connectivity index (χ2n) is 5.17. The standard InChI is InChI=1S/C13H15BrN2O2/c14-9-5-15-6-10(12(9)17)16-13(18)11-7-3-1-2-4-8(7)11/h5-8,11H,1-4H2,(H,15,17)(H,16,18). The van der Waals surface area contributed by atoms with Gasteiger partial charge in [0.05, 0.1) is 4.47 Å². The zero-order chi connectivity index (χ0) is 12.7. The van der Waals surface area contributed by atoms with Crippen LogP contribution in [-0.4, -0.2) is 10.9 Å². The number of aromatic nitrogens is 1. The van der Waals surface area contributed by atoms with Crippen LogP contribution in [0, 0.1) is 17.8 Å². The van der Waals surface area contributed by atoms with Crippen LogP contribution in [0.5, 0.6) is 0 Å². The lowest BCUT2D eigenvalue weighted by molar-refractivity contribution is -0.117. The van der Waals surface area contributed by atoms with E-state index in [1.165, 1.54) is 19.0 Å². The summed E-state index contributed by atoms with van der Waals surface area (Å²) in [5, 5.41) is 2.76. The first-order valence-corrected chi connectivity index (χ1v) is 7.15. The third kappa shape index (κ3) is 2.00. The summed E-state index contributed by atoms with van der Waals surface area (Å²) in [6, 6.07) is 0. The highest BCUT2D eigenvalue weighted by atomic mass is 79.9. The molecule has 2 atom stereocenters. The number of halogens is 1. The summed E-state index contributed by atoms with van der Waals surface area (Å²) in [6.45, 7) is 0. The quantitative estimate of drug-likeness (QED) is 0.881. The average Bonchev–Trinajstić information content (AvgIpc) is 3.09. The van der Waals surface area contributed by atoms with Crippen molar-refractivity contribution in [1.82, 2.24) is 4.98 Å². The summed E-state index contributed by atoms with van der Waals surface area (Å²) in [7, 11) is 0. The third-order valence-electron chi connectivity index (χ3n) is 4.12. The topological polar surface area (TPSA) is 62.0 Å². The molecule has 1 amide bonds. The molecule has 5 heteroatoms. The van der Waals surface area contributed by atoms with Crippen molar-refractivity contribution in [2.24, 2.45) is 17.8 Å². The van der Waals surface area contributed by atoms with Crippen molar-refractivity contribution in [2.75, 3.05) is 5.32 Å². The Bertz CT molecular complexity index is 528. The molecule has 2 saturated carbocycles. The molecule has 4 nitrogen and oxygen atoms in total. The third-order valence-corrected chi connectivity index (χ3v) is 4.71. The maximum absolute atomic E-state index is 12.1. The number of carbonyl (C=O) groups excluding carboxylic acids is 1. The summed E-state index contributed by atoms with van der Waals surface area (Å²) in [5.74, 6) is 1.26. The van der Waals surface area contributed by atoms with E-state index in [1.807, 2.05) is 0 Å². The van der Waals surface area contributed by atoms with Gasteiger partial charge in [0.2, 0.25) is 11.3 Å². The van der Waals surface area contributed by atoms with E-state index in [1.54, 1.807) is 6.20 Å². The van der Waals surface area contributed by atoms with Crippen LogP contribution in [0.3, 0.4) is 0 Å². The monoisotopic (exact) mass is 310 g/mol. The predicted molar refractivity (Wildman–Crippen MR) is 72.3 cm³/mol. The number of hydrogen-bond donors (Lipinski definition) is 2. The van der Waals surface area contributed by atoms with Crippen LogP contribution in [0.25, 0.3) is 0 Å². The zero-order valence-corrected chi connectivity index (χ0v) is 11.5. The second-order valence-corrected chi connectivity index (χ2v) is 6.03. The predicted octanol–water partition coefficient (Wildman–Crippen LogP) is 2.51.